The van der Waals surface area contributed by atoms with Crippen molar-refractivity contribution in [1.29, 1.82) is 0 Å². The molecule has 0 radical (unpaired) electrons. The van der Waals surface area contributed by atoms with Crippen molar-refractivity contribution in [1.82, 2.24) is 4.40 Å². The molecule has 2 aromatic heterocycles. The second kappa shape index (κ2) is 7.63. The van der Waals surface area contributed by atoms with Gasteiger partial charge in [0.15, 0.2) is 0 Å². The lowest BCUT2D eigenvalue weighted by molar-refractivity contribution is -0.382. The van der Waals surface area contributed by atoms with E-state index in [0.29, 0.717) is 22.4 Å². The summed E-state index contributed by atoms with van der Waals surface area (Å²) in [6.45, 7) is 6.06. The average Bonchev–Trinajstić information content (AvgIpc) is 3.10. The van der Waals surface area contributed by atoms with Crippen LogP contribution in [-0.2, 0) is 4.74 Å². The molecule has 0 amide bonds. The number of rotatable bonds is 5. The van der Waals surface area contributed by atoms with Crippen LogP contribution in [0, 0.1) is 10.1 Å². The predicted molar refractivity (Wildman–Crippen MR) is 117 cm³/mol. The van der Waals surface area contributed by atoms with E-state index >= 15 is 0 Å². The number of carbonyl (C=O) groups excluding carboxylic acids is 1. The highest BCUT2D eigenvalue weighted by atomic mass is 16.6. The molecule has 0 aliphatic rings. The molecule has 0 unspecified atom stereocenters. The number of fused-ring (bicyclic) bond motifs is 3. The monoisotopic (exact) mass is 402 g/mol. The molecular weight excluding hydrogens is 380 g/mol. The van der Waals surface area contributed by atoms with Gasteiger partial charge in [-0.3, -0.25) is 10.1 Å². The Labute approximate surface area is 173 Å². The van der Waals surface area contributed by atoms with Crippen LogP contribution in [-0.4, -0.2) is 21.9 Å². The van der Waals surface area contributed by atoms with Crippen LogP contribution in [0.5, 0.6) is 0 Å². The normalized spacial score (nSPS) is 11.3. The molecule has 0 spiro atoms. The van der Waals surface area contributed by atoms with Gasteiger partial charge in [0, 0.05) is 11.6 Å². The molecule has 6 nitrogen and oxygen atoms in total. The van der Waals surface area contributed by atoms with E-state index in [1.807, 2.05) is 54.6 Å². The number of nitro groups is 1. The van der Waals surface area contributed by atoms with Gasteiger partial charge in [-0.1, -0.05) is 62.4 Å². The minimum Gasteiger partial charge on any atom is -0.461 e. The van der Waals surface area contributed by atoms with Crippen LogP contribution >= 0.6 is 0 Å². The SMILES string of the molecule is CCOC(=O)c1c(-c2ccc(C(C)C)cc2)c([N+](=O)[O-])c2c3ccccc3ccn12. The molecule has 0 saturated carbocycles. The summed E-state index contributed by atoms with van der Waals surface area (Å²) in [6.07, 6.45) is 1.70. The molecular formula is C24H22N2O4. The van der Waals surface area contributed by atoms with E-state index in [9.17, 15) is 14.9 Å². The molecule has 6 heteroatoms. The molecule has 0 atom stereocenters. The molecule has 4 rings (SSSR count). The summed E-state index contributed by atoms with van der Waals surface area (Å²) >= 11 is 0. The molecule has 152 valence electrons. The number of hydrogen-bond acceptors (Lipinski definition) is 4. The smallest absolute Gasteiger partial charge is 0.356 e. The van der Waals surface area contributed by atoms with Crippen LogP contribution in [0.4, 0.5) is 5.69 Å². The summed E-state index contributed by atoms with van der Waals surface area (Å²) < 4.78 is 6.87. The van der Waals surface area contributed by atoms with Crippen LogP contribution < -0.4 is 0 Å². The molecule has 2 heterocycles. The van der Waals surface area contributed by atoms with Crippen molar-refractivity contribution in [2.45, 2.75) is 26.7 Å². The minimum absolute atomic E-state index is 0.0906. The summed E-state index contributed by atoms with van der Waals surface area (Å²) in [7, 11) is 0. The van der Waals surface area contributed by atoms with Gasteiger partial charge in [0.25, 0.3) is 0 Å². The van der Waals surface area contributed by atoms with E-state index in [0.717, 1.165) is 10.9 Å². The molecule has 30 heavy (non-hydrogen) atoms. The Balaban J connectivity index is 2.14. The zero-order chi connectivity index (χ0) is 21.4. The Bertz CT molecular complexity index is 1270. The highest BCUT2D eigenvalue weighted by molar-refractivity contribution is 6.10. The summed E-state index contributed by atoms with van der Waals surface area (Å²) in [6, 6.07) is 16.8. The molecule has 2 aromatic carbocycles. The van der Waals surface area contributed by atoms with E-state index in [2.05, 4.69) is 13.8 Å². The van der Waals surface area contributed by atoms with E-state index < -0.39 is 10.9 Å². The second-order valence-corrected chi connectivity index (χ2v) is 7.45. The fourth-order valence-electron chi connectivity index (χ4n) is 3.88. The van der Waals surface area contributed by atoms with E-state index in [-0.39, 0.29) is 23.6 Å². The first-order valence-electron chi connectivity index (χ1n) is 9.91. The maximum Gasteiger partial charge on any atom is 0.356 e. The van der Waals surface area contributed by atoms with Crippen molar-refractivity contribution >= 4 is 27.9 Å². The number of esters is 1. The Morgan fingerprint density at radius 2 is 1.80 bits per heavy atom. The summed E-state index contributed by atoms with van der Waals surface area (Å²) in [4.78, 5) is 24.8. The number of carbonyl (C=O) groups is 1. The number of benzene rings is 2. The lowest BCUT2D eigenvalue weighted by Gasteiger charge is -2.08. The van der Waals surface area contributed by atoms with Crippen molar-refractivity contribution in [2.75, 3.05) is 6.61 Å². The third-order valence-corrected chi connectivity index (χ3v) is 5.32. The van der Waals surface area contributed by atoms with Crippen LogP contribution in [0.1, 0.15) is 42.7 Å². The Hall–Kier alpha value is -3.67. The first-order valence-corrected chi connectivity index (χ1v) is 9.91. The first kappa shape index (κ1) is 19.6. The Kier molecular flexibility index (Phi) is 4.99. The van der Waals surface area contributed by atoms with Gasteiger partial charge in [0.05, 0.1) is 17.1 Å². The number of hydrogen-bond donors (Lipinski definition) is 0. The lowest BCUT2D eigenvalue weighted by atomic mass is 9.98. The van der Waals surface area contributed by atoms with E-state index in [1.54, 1.807) is 17.5 Å². The Morgan fingerprint density at radius 3 is 2.43 bits per heavy atom. The highest BCUT2D eigenvalue weighted by Crippen LogP contribution is 2.42. The van der Waals surface area contributed by atoms with Crippen LogP contribution in [0.3, 0.4) is 0 Å². The quantitative estimate of drug-likeness (QED) is 0.234. The fourth-order valence-corrected chi connectivity index (χ4v) is 3.88. The maximum absolute atomic E-state index is 12.9. The molecule has 4 aromatic rings. The largest absolute Gasteiger partial charge is 0.461 e. The third-order valence-electron chi connectivity index (χ3n) is 5.32. The standard InChI is InChI=1S/C24H22N2O4/c1-4-30-24(27)23-20(18-11-9-16(10-12-18)15(2)3)22(26(28)29)21-19-8-6-5-7-17(19)13-14-25(21)23/h5-15H,4H2,1-3H3. The lowest BCUT2D eigenvalue weighted by Crippen LogP contribution is -2.09. The number of pyridine rings is 1. The Morgan fingerprint density at radius 1 is 1.10 bits per heavy atom. The van der Waals surface area contributed by atoms with Gasteiger partial charge in [-0.25, -0.2) is 4.79 Å². The van der Waals surface area contributed by atoms with Crippen molar-refractivity contribution in [3.63, 3.8) is 0 Å². The average molecular weight is 402 g/mol. The van der Waals surface area contributed by atoms with Gasteiger partial charge >= 0.3 is 11.7 Å². The van der Waals surface area contributed by atoms with Gasteiger partial charge in [-0.2, -0.15) is 0 Å². The van der Waals surface area contributed by atoms with Crippen LogP contribution in [0.15, 0.2) is 60.8 Å². The van der Waals surface area contributed by atoms with Crippen molar-refractivity contribution in [2.24, 2.45) is 0 Å². The summed E-state index contributed by atoms with van der Waals surface area (Å²) in [5.74, 6) is -0.255. The predicted octanol–water partition coefficient (Wildman–Crippen LogP) is 5.97. The van der Waals surface area contributed by atoms with Crippen LogP contribution in [0.25, 0.3) is 27.4 Å². The summed E-state index contributed by atoms with van der Waals surface area (Å²) in [5.41, 5.74) is 2.48. The zero-order valence-corrected chi connectivity index (χ0v) is 17.1. The van der Waals surface area contributed by atoms with E-state index in [4.69, 9.17) is 4.74 Å². The topological polar surface area (TPSA) is 73.8 Å². The van der Waals surface area contributed by atoms with Crippen molar-refractivity contribution in [3.05, 3.63) is 82.2 Å². The van der Waals surface area contributed by atoms with Gasteiger partial charge in [-0.05, 0) is 35.4 Å². The maximum atomic E-state index is 12.9. The van der Waals surface area contributed by atoms with Gasteiger partial charge in [-0.15, -0.1) is 0 Å². The number of nitrogens with zero attached hydrogens (tertiary/aromatic N) is 2. The molecule has 0 aliphatic heterocycles. The second-order valence-electron chi connectivity index (χ2n) is 7.45. The molecule has 0 fully saturated rings. The zero-order valence-electron chi connectivity index (χ0n) is 17.1. The highest BCUT2D eigenvalue weighted by Gasteiger charge is 2.33. The number of aromatic nitrogens is 1. The molecule has 0 saturated heterocycles. The van der Waals surface area contributed by atoms with Gasteiger partial charge in [0.1, 0.15) is 11.2 Å². The number of ether oxygens (including phenoxy) is 1. The van der Waals surface area contributed by atoms with Gasteiger partial charge in [0.2, 0.25) is 0 Å². The van der Waals surface area contributed by atoms with Crippen molar-refractivity contribution in [3.8, 4) is 11.1 Å². The fraction of sp³-hybridized carbons (Fsp3) is 0.208. The van der Waals surface area contributed by atoms with Gasteiger partial charge < -0.3 is 9.14 Å². The minimum atomic E-state index is -0.584. The summed E-state index contributed by atoms with van der Waals surface area (Å²) in [5, 5.41) is 13.8. The van der Waals surface area contributed by atoms with Crippen LogP contribution in [0.2, 0.25) is 0 Å². The first-order chi connectivity index (χ1) is 14.4. The van der Waals surface area contributed by atoms with E-state index in [1.165, 1.54) is 0 Å². The third kappa shape index (κ3) is 3.10. The molecule has 0 bridgehead atoms. The van der Waals surface area contributed by atoms with Crippen molar-refractivity contribution < 1.29 is 14.5 Å². The molecule has 0 aliphatic carbocycles. The molecule has 0 N–H and O–H groups in total.